The number of imidazole rings is 1. The molecule has 0 saturated carbocycles. The van der Waals surface area contributed by atoms with E-state index in [1.54, 1.807) is 11.0 Å². The molecule has 32 heavy (non-hydrogen) atoms. The number of hydrogen-bond donors (Lipinski definition) is 0. The molecule has 0 bridgehead atoms. The maximum Gasteiger partial charge on any atom is 0.410 e. The summed E-state index contributed by atoms with van der Waals surface area (Å²) in [5.74, 6) is -0.377. The molecule has 10 heteroatoms. The quantitative estimate of drug-likeness (QED) is 0.421. The summed E-state index contributed by atoms with van der Waals surface area (Å²) < 4.78 is 51.7. The van der Waals surface area contributed by atoms with Gasteiger partial charge in [-0.05, 0) is 73.9 Å². The van der Waals surface area contributed by atoms with Gasteiger partial charge in [0.2, 0.25) is 0 Å². The van der Waals surface area contributed by atoms with E-state index >= 15 is 0 Å². The predicted octanol–water partition coefficient (Wildman–Crippen LogP) is 5.72. The van der Waals surface area contributed by atoms with Crippen LogP contribution in [0, 0.1) is 9.52 Å². The largest absolute Gasteiger partial charge is 0.444 e. The first-order chi connectivity index (χ1) is 15.0. The van der Waals surface area contributed by atoms with E-state index in [4.69, 9.17) is 4.74 Å². The van der Waals surface area contributed by atoms with Crippen molar-refractivity contribution in [2.24, 2.45) is 0 Å². The molecule has 1 aliphatic rings. The van der Waals surface area contributed by atoms with Crippen LogP contribution in [0.1, 0.15) is 57.2 Å². The van der Waals surface area contributed by atoms with Gasteiger partial charge in [-0.15, -0.1) is 0 Å². The molecule has 0 N–H and O–H groups in total. The molecule has 2 heterocycles. The van der Waals surface area contributed by atoms with Crippen molar-refractivity contribution in [1.29, 1.82) is 0 Å². The van der Waals surface area contributed by atoms with Crippen LogP contribution < -0.4 is 4.74 Å². The molecule has 0 fully saturated rings. The van der Waals surface area contributed by atoms with Crippen LogP contribution in [0.25, 0.3) is 0 Å². The Hall–Kier alpha value is -1.98. The lowest BCUT2D eigenvalue weighted by molar-refractivity contribution is -0.0522. The number of carbonyl (C=O) groups is 1. The molecular formula is C22H27F3IN3O3. The van der Waals surface area contributed by atoms with Gasteiger partial charge in [0.05, 0.1) is 11.7 Å². The Labute approximate surface area is 199 Å². The summed E-state index contributed by atoms with van der Waals surface area (Å²) in [6.45, 7) is 5.50. The molecule has 1 aromatic heterocycles. The van der Waals surface area contributed by atoms with E-state index in [-0.39, 0.29) is 6.04 Å². The minimum atomic E-state index is -3.09. The summed E-state index contributed by atoms with van der Waals surface area (Å²) in [5, 5.41) is 0. The Bertz CT molecular complexity index is 975. The van der Waals surface area contributed by atoms with Gasteiger partial charge in [-0.25, -0.2) is 14.2 Å². The van der Waals surface area contributed by atoms with Crippen molar-refractivity contribution in [2.45, 2.75) is 71.8 Å². The highest BCUT2D eigenvalue weighted by atomic mass is 127. The van der Waals surface area contributed by atoms with E-state index in [0.717, 1.165) is 21.6 Å². The van der Waals surface area contributed by atoms with Crippen molar-refractivity contribution in [3.63, 3.8) is 0 Å². The highest BCUT2D eigenvalue weighted by molar-refractivity contribution is 14.1. The topological polar surface area (TPSA) is 56.6 Å². The van der Waals surface area contributed by atoms with E-state index in [1.807, 2.05) is 27.7 Å². The van der Waals surface area contributed by atoms with Crippen molar-refractivity contribution in [3.8, 4) is 5.75 Å². The smallest absolute Gasteiger partial charge is 0.410 e. The van der Waals surface area contributed by atoms with E-state index in [1.165, 1.54) is 12.1 Å². The lowest BCUT2D eigenvalue weighted by Gasteiger charge is -2.38. The number of ether oxygens (including phenoxy) is 2. The number of hydrogen-bond acceptors (Lipinski definition) is 4. The van der Waals surface area contributed by atoms with Crippen LogP contribution >= 0.6 is 22.6 Å². The SMILES string of the molecule is CCc1nc(I)c2n1CCN(C(=O)OC(C)(C)C)C2CCc1ccc(OC(F)F)c(F)c1. The lowest BCUT2D eigenvalue weighted by atomic mass is 10.00. The number of amides is 1. The maximum atomic E-state index is 14.2. The van der Waals surface area contributed by atoms with Crippen LogP contribution in [0.5, 0.6) is 5.75 Å². The lowest BCUT2D eigenvalue weighted by Crippen LogP contribution is -2.45. The Kier molecular flexibility index (Phi) is 7.61. The zero-order chi connectivity index (χ0) is 23.6. The number of rotatable bonds is 6. The van der Waals surface area contributed by atoms with Crippen LogP contribution in [0.3, 0.4) is 0 Å². The number of halogens is 4. The van der Waals surface area contributed by atoms with Gasteiger partial charge in [0.15, 0.2) is 11.6 Å². The molecule has 6 nitrogen and oxygen atoms in total. The summed E-state index contributed by atoms with van der Waals surface area (Å²) in [6, 6.07) is 3.64. The fourth-order valence-electron chi connectivity index (χ4n) is 3.86. The summed E-state index contributed by atoms with van der Waals surface area (Å²) in [4.78, 5) is 19.3. The Morgan fingerprint density at radius 1 is 1.31 bits per heavy atom. The van der Waals surface area contributed by atoms with Crippen molar-refractivity contribution in [1.82, 2.24) is 14.5 Å². The third kappa shape index (κ3) is 5.68. The number of carbonyl (C=O) groups excluding carboxylic acids is 1. The predicted molar refractivity (Wildman–Crippen MR) is 121 cm³/mol. The average Bonchev–Trinajstić information content (AvgIpc) is 3.02. The van der Waals surface area contributed by atoms with E-state index in [9.17, 15) is 18.0 Å². The van der Waals surface area contributed by atoms with Crippen LogP contribution in [-0.4, -0.2) is 39.3 Å². The van der Waals surface area contributed by atoms with Crippen molar-refractivity contribution >= 4 is 28.7 Å². The number of aromatic nitrogens is 2. The van der Waals surface area contributed by atoms with E-state index in [2.05, 4.69) is 36.9 Å². The summed E-state index contributed by atoms with van der Waals surface area (Å²) >= 11 is 2.18. The Morgan fingerprint density at radius 3 is 2.62 bits per heavy atom. The molecule has 0 saturated heterocycles. The monoisotopic (exact) mass is 565 g/mol. The molecule has 3 rings (SSSR count). The molecule has 1 amide bonds. The fourth-order valence-corrected chi connectivity index (χ4v) is 4.78. The number of nitrogens with zero attached hydrogens (tertiary/aromatic N) is 3. The second kappa shape index (κ2) is 9.88. The maximum absolute atomic E-state index is 14.2. The standard InChI is InChI=1S/C22H27F3IN3O3/c1-5-17-27-19(26)18-15(28(10-11-29(17)18)21(30)32-22(2,3)4)8-6-13-7-9-16(14(23)12-13)31-20(24)25/h7,9,12,15,20H,5-6,8,10-11H2,1-4H3. The molecule has 1 atom stereocenters. The minimum absolute atomic E-state index is 0.307. The van der Waals surface area contributed by atoms with Gasteiger partial charge in [0.25, 0.3) is 0 Å². The Balaban J connectivity index is 1.87. The highest BCUT2D eigenvalue weighted by Gasteiger charge is 2.36. The summed E-state index contributed by atoms with van der Waals surface area (Å²) in [6.07, 6.45) is 1.29. The van der Waals surface area contributed by atoms with Gasteiger partial charge < -0.3 is 14.0 Å². The van der Waals surface area contributed by atoms with Crippen LogP contribution in [0.15, 0.2) is 18.2 Å². The number of aryl methyl sites for hydroxylation is 2. The van der Waals surface area contributed by atoms with Gasteiger partial charge in [-0.1, -0.05) is 13.0 Å². The van der Waals surface area contributed by atoms with Crippen molar-refractivity contribution in [2.75, 3.05) is 6.54 Å². The molecule has 0 aliphatic carbocycles. The average molecular weight is 565 g/mol. The second-order valence-electron chi connectivity index (χ2n) is 8.58. The van der Waals surface area contributed by atoms with Crippen molar-refractivity contribution < 1.29 is 27.4 Å². The third-order valence-electron chi connectivity index (χ3n) is 5.16. The van der Waals surface area contributed by atoms with Crippen molar-refractivity contribution in [3.05, 3.63) is 44.8 Å². The van der Waals surface area contributed by atoms with Crippen LogP contribution in [0.4, 0.5) is 18.0 Å². The minimum Gasteiger partial charge on any atom is -0.444 e. The summed E-state index contributed by atoms with van der Waals surface area (Å²) in [5.41, 5.74) is 0.929. The van der Waals surface area contributed by atoms with Gasteiger partial charge >= 0.3 is 12.7 Å². The van der Waals surface area contributed by atoms with Gasteiger partial charge in [0, 0.05) is 19.5 Å². The van der Waals surface area contributed by atoms with Gasteiger partial charge in [-0.3, -0.25) is 4.90 Å². The number of alkyl halides is 2. The molecule has 0 spiro atoms. The second-order valence-corrected chi connectivity index (χ2v) is 9.60. The molecule has 176 valence electrons. The van der Waals surface area contributed by atoms with Gasteiger partial charge in [0.1, 0.15) is 15.1 Å². The van der Waals surface area contributed by atoms with Gasteiger partial charge in [-0.2, -0.15) is 8.78 Å². The van der Waals surface area contributed by atoms with Crippen LogP contribution in [-0.2, 0) is 24.1 Å². The molecule has 1 aromatic carbocycles. The Morgan fingerprint density at radius 2 is 2.03 bits per heavy atom. The molecule has 1 aliphatic heterocycles. The number of benzene rings is 1. The normalized spacial score (nSPS) is 16.3. The number of fused-ring (bicyclic) bond motifs is 1. The fraction of sp³-hybridized carbons (Fsp3) is 0.545. The molecular weight excluding hydrogens is 538 g/mol. The molecule has 1 unspecified atom stereocenters. The third-order valence-corrected chi connectivity index (χ3v) is 5.95. The van der Waals surface area contributed by atoms with E-state index < -0.39 is 29.9 Å². The first-order valence-corrected chi connectivity index (χ1v) is 11.6. The first kappa shape index (κ1) is 24.7. The van der Waals surface area contributed by atoms with E-state index in [0.29, 0.717) is 31.5 Å². The highest BCUT2D eigenvalue weighted by Crippen LogP contribution is 2.35. The van der Waals surface area contributed by atoms with Crippen LogP contribution in [0.2, 0.25) is 0 Å². The molecule has 0 radical (unpaired) electrons. The molecule has 2 aromatic rings. The zero-order valence-corrected chi connectivity index (χ0v) is 20.7. The first-order valence-electron chi connectivity index (χ1n) is 10.5. The zero-order valence-electron chi connectivity index (χ0n) is 18.5. The summed E-state index contributed by atoms with van der Waals surface area (Å²) in [7, 11) is 0.